The molecule has 94 valence electrons. The number of pyridine rings is 1. The zero-order chi connectivity index (χ0) is 13.2. The standard InChI is InChI=1S/C15H14N4/c1-11-6-14-15(7-12(11)2)19(10-17-14)18-9-13-4-3-5-16-8-13/h3-10H,1-2H3/b18-9-. The second kappa shape index (κ2) is 4.65. The van der Waals surface area contributed by atoms with Crippen molar-refractivity contribution in [3.8, 4) is 0 Å². The number of aromatic nitrogens is 3. The molecule has 0 unspecified atom stereocenters. The Morgan fingerprint density at radius 2 is 2.05 bits per heavy atom. The molecule has 0 amide bonds. The monoisotopic (exact) mass is 250 g/mol. The highest BCUT2D eigenvalue weighted by Gasteiger charge is 2.03. The zero-order valence-corrected chi connectivity index (χ0v) is 10.9. The smallest absolute Gasteiger partial charge is 0.118 e. The van der Waals surface area contributed by atoms with Crippen LogP contribution in [0.2, 0.25) is 0 Å². The summed E-state index contributed by atoms with van der Waals surface area (Å²) in [5.41, 5.74) is 5.43. The molecule has 0 saturated heterocycles. The largest absolute Gasteiger partial charge is 0.264 e. The van der Waals surface area contributed by atoms with Crippen molar-refractivity contribution in [3.63, 3.8) is 0 Å². The molecule has 0 N–H and O–H groups in total. The first-order valence-corrected chi connectivity index (χ1v) is 6.13. The predicted molar refractivity (Wildman–Crippen MR) is 76.4 cm³/mol. The third-order valence-corrected chi connectivity index (χ3v) is 3.16. The fourth-order valence-electron chi connectivity index (χ4n) is 1.92. The van der Waals surface area contributed by atoms with Gasteiger partial charge in [-0.1, -0.05) is 6.07 Å². The van der Waals surface area contributed by atoms with Crippen LogP contribution in [-0.2, 0) is 0 Å². The molecule has 0 fully saturated rings. The van der Waals surface area contributed by atoms with Crippen molar-refractivity contribution in [2.24, 2.45) is 5.10 Å². The summed E-state index contributed by atoms with van der Waals surface area (Å²) < 4.78 is 1.79. The van der Waals surface area contributed by atoms with Gasteiger partial charge in [0.25, 0.3) is 0 Å². The van der Waals surface area contributed by atoms with Crippen molar-refractivity contribution >= 4 is 17.2 Å². The second-order valence-corrected chi connectivity index (χ2v) is 4.55. The molecule has 0 aliphatic rings. The van der Waals surface area contributed by atoms with Crippen LogP contribution in [0.5, 0.6) is 0 Å². The third kappa shape index (κ3) is 2.25. The maximum atomic E-state index is 4.42. The highest BCUT2D eigenvalue weighted by Crippen LogP contribution is 2.18. The number of hydrogen-bond acceptors (Lipinski definition) is 3. The molecule has 0 atom stereocenters. The summed E-state index contributed by atoms with van der Waals surface area (Å²) in [6.45, 7) is 4.18. The fraction of sp³-hybridized carbons (Fsp3) is 0.133. The van der Waals surface area contributed by atoms with Crippen LogP contribution >= 0.6 is 0 Å². The van der Waals surface area contributed by atoms with Gasteiger partial charge in [0, 0.05) is 18.0 Å². The van der Waals surface area contributed by atoms with Gasteiger partial charge in [-0.3, -0.25) is 4.98 Å². The molecule has 0 radical (unpaired) electrons. The van der Waals surface area contributed by atoms with Crippen LogP contribution < -0.4 is 0 Å². The summed E-state index contributed by atoms with van der Waals surface area (Å²) in [6, 6.07) is 8.05. The SMILES string of the molecule is Cc1cc2ncn(/N=C\c3cccnc3)c2cc1C. The fourth-order valence-corrected chi connectivity index (χ4v) is 1.92. The van der Waals surface area contributed by atoms with E-state index in [4.69, 9.17) is 0 Å². The Labute approximate surface area is 111 Å². The maximum Gasteiger partial charge on any atom is 0.118 e. The van der Waals surface area contributed by atoms with Gasteiger partial charge < -0.3 is 0 Å². The molecule has 0 saturated carbocycles. The van der Waals surface area contributed by atoms with Crippen molar-refractivity contribution in [1.29, 1.82) is 0 Å². The Morgan fingerprint density at radius 3 is 2.84 bits per heavy atom. The molecule has 2 heterocycles. The predicted octanol–water partition coefficient (Wildman–Crippen LogP) is 2.93. The molecule has 4 nitrogen and oxygen atoms in total. The Morgan fingerprint density at radius 1 is 1.21 bits per heavy atom. The Balaban J connectivity index is 2.02. The normalized spacial score (nSPS) is 11.5. The summed E-state index contributed by atoms with van der Waals surface area (Å²) >= 11 is 0. The van der Waals surface area contributed by atoms with Gasteiger partial charge >= 0.3 is 0 Å². The lowest BCUT2D eigenvalue weighted by molar-refractivity contribution is 0.913. The lowest BCUT2D eigenvalue weighted by Crippen LogP contribution is -1.90. The average molecular weight is 250 g/mol. The van der Waals surface area contributed by atoms with Crippen molar-refractivity contribution in [2.45, 2.75) is 13.8 Å². The first kappa shape index (κ1) is 11.6. The Kier molecular flexibility index (Phi) is 2.83. The van der Waals surface area contributed by atoms with Crippen LogP contribution in [-0.4, -0.2) is 20.9 Å². The van der Waals surface area contributed by atoms with Crippen molar-refractivity contribution in [2.75, 3.05) is 0 Å². The molecule has 3 rings (SSSR count). The molecular formula is C15H14N4. The van der Waals surface area contributed by atoms with E-state index in [9.17, 15) is 0 Å². The summed E-state index contributed by atoms with van der Waals surface area (Å²) in [7, 11) is 0. The molecule has 0 aliphatic heterocycles. The molecule has 1 aromatic carbocycles. The van der Waals surface area contributed by atoms with Crippen LogP contribution in [0, 0.1) is 13.8 Å². The minimum atomic E-state index is 0.964. The Bertz CT molecular complexity index is 741. The van der Waals surface area contributed by atoms with Gasteiger partial charge in [-0.2, -0.15) is 5.10 Å². The van der Waals surface area contributed by atoms with Crippen LogP contribution in [0.3, 0.4) is 0 Å². The summed E-state index contributed by atoms with van der Waals surface area (Å²) in [5, 5.41) is 4.42. The molecule has 0 bridgehead atoms. The zero-order valence-electron chi connectivity index (χ0n) is 10.9. The van der Waals surface area contributed by atoms with Gasteiger partial charge in [-0.25, -0.2) is 9.66 Å². The molecule has 19 heavy (non-hydrogen) atoms. The van der Waals surface area contributed by atoms with Crippen molar-refractivity contribution in [3.05, 3.63) is 59.7 Å². The average Bonchev–Trinajstić information content (AvgIpc) is 2.80. The van der Waals surface area contributed by atoms with Crippen LogP contribution in [0.25, 0.3) is 11.0 Å². The quantitative estimate of drug-likeness (QED) is 0.656. The first-order valence-electron chi connectivity index (χ1n) is 6.13. The lowest BCUT2D eigenvalue weighted by atomic mass is 10.1. The van der Waals surface area contributed by atoms with Crippen LogP contribution in [0.1, 0.15) is 16.7 Å². The minimum absolute atomic E-state index is 0.964. The summed E-state index contributed by atoms with van der Waals surface area (Å²) in [5.74, 6) is 0. The number of aryl methyl sites for hydroxylation is 2. The van der Waals surface area contributed by atoms with Gasteiger partial charge in [0.2, 0.25) is 0 Å². The highest BCUT2D eigenvalue weighted by molar-refractivity contribution is 5.81. The van der Waals surface area contributed by atoms with E-state index in [0.29, 0.717) is 0 Å². The molecule has 4 heteroatoms. The number of nitrogens with zero attached hydrogens (tertiary/aromatic N) is 4. The molecular weight excluding hydrogens is 236 g/mol. The second-order valence-electron chi connectivity index (χ2n) is 4.55. The van der Waals surface area contributed by atoms with Gasteiger partial charge in [-0.05, 0) is 43.2 Å². The van der Waals surface area contributed by atoms with Crippen molar-refractivity contribution in [1.82, 2.24) is 14.6 Å². The summed E-state index contributed by atoms with van der Waals surface area (Å²) in [6.07, 6.45) is 7.04. The van der Waals surface area contributed by atoms with Gasteiger partial charge in [0.15, 0.2) is 0 Å². The number of benzene rings is 1. The van der Waals surface area contributed by atoms with Crippen LogP contribution in [0.15, 0.2) is 48.1 Å². The molecule has 3 aromatic rings. The third-order valence-electron chi connectivity index (χ3n) is 3.16. The first-order chi connectivity index (χ1) is 9.24. The number of rotatable bonds is 2. The van der Waals surface area contributed by atoms with Gasteiger partial charge in [-0.15, -0.1) is 0 Å². The Hall–Kier alpha value is -2.49. The van der Waals surface area contributed by atoms with Crippen molar-refractivity contribution < 1.29 is 0 Å². The van der Waals surface area contributed by atoms with E-state index >= 15 is 0 Å². The summed E-state index contributed by atoms with van der Waals surface area (Å²) in [4.78, 5) is 8.42. The van der Waals surface area contributed by atoms with Gasteiger partial charge in [0.05, 0.1) is 17.2 Å². The van der Waals surface area contributed by atoms with E-state index in [1.807, 2.05) is 12.1 Å². The number of imidazole rings is 1. The highest BCUT2D eigenvalue weighted by atomic mass is 15.4. The molecule has 0 spiro atoms. The number of hydrogen-bond donors (Lipinski definition) is 0. The van der Waals surface area contributed by atoms with E-state index in [-0.39, 0.29) is 0 Å². The van der Waals surface area contributed by atoms with E-state index in [0.717, 1.165) is 16.6 Å². The van der Waals surface area contributed by atoms with Gasteiger partial charge in [0.1, 0.15) is 6.33 Å². The van der Waals surface area contributed by atoms with E-state index in [1.54, 1.807) is 29.6 Å². The lowest BCUT2D eigenvalue weighted by Gasteiger charge is -2.00. The minimum Gasteiger partial charge on any atom is -0.264 e. The van der Waals surface area contributed by atoms with E-state index < -0.39 is 0 Å². The maximum absolute atomic E-state index is 4.42. The van der Waals surface area contributed by atoms with E-state index in [1.165, 1.54) is 11.1 Å². The number of fused-ring (bicyclic) bond motifs is 1. The molecule has 0 aliphatic carbocycles. The topological polar surface area (TPSA) is 43.1 Å². The van der Waals surface area contributed by atoms with E-state index in [2.05, 4.69) is 41.0 Å². The van der Waals surface area contributed by atoms with Crippen LogP contribution in [0.4, 0.5) is 0 Å². The molecule has 2 aromatic heterocycles.